The molecular formula is C11H8NO3S-. The number of aliphatic carboxylic acids is 1. The van der Waals surface area contributed by atoms with E-state index in [1.54, 1.807) is 12.1 Å². The third kappa shape index (κ3) is 1.12. The van der Waals surface area contributed by atoms with Gasteiger partial charge >= 0.3 is 0 Å². The predicted octanol–water partition coefficient (Wildman–Crippen LogP) is 0.00630. The minimum absolute atomic E-state index is 0.147. The van der Waals surface area contributed by atoms with Gasteiger partial charge in [0.15, 0.2) is 0 Å². The molecule has 0 bridgehead atoms. The van der Waals surface area contributed by atoms with Crippen molar-refractivity contribution in [2.24, 2.45) is 0 Å². The zero-order valence-corrected chi connectivity index (χ0v) is 9.07. The average molecular weight is 234 g/mol. The van der Waals surface area contributed by atoms with E-state index in [4.69, 9.17) is 0 Å². The van der Waals surface area contributed by atoms with Gasteiger partial charge in [-0.1, -0.05) is 18.2 Å². The molecule has 1 saturated heterocycles. The summed E-state index contributed by atoms with van der Waals surface area (Å²) in [6.45, 7) is 0. The predicted molar refractivity (Wildman–Crippen MR) is 56.6 cm³/mol. The minimum atomic E-state index is -1.17. The molecule has 0 unspecified atom stereocenters. The molecule has 0 radical (unpaired) electrons. The second-order valence-corrected chi connectivity index (χ2v) is 4.93. The largest absolute Gasteiger partial charge is 0.548 e. The van der Waals surface area contributed by atoms with Crippen molar-refractivity contribution in [2.45, 2.75) is 11.4 Å². The number of benzene rings is 1. The van der Waals surface area contributed by atoms with E-state index < -0.39 is 12.0 Å². The molecule has 2 aliphatic rings. The van der Waals surface area contributed by atoms with Crippen molar-refractivity contribution < 1.29 is 14.7 Å². The van der Waals surface area contributed by atoms with Gasteiger partial charge in [0, 0.05) is 11.3 Å². The number of carbonyl (C=O) groups excluding carboxylic acids is 2. The maximum atomic E-state index is 12.0. The summed E-state index contributed by atoms with van der Waals surface area (Å²) in [7, 11) is 0. The smallest absolute Gasteiger partial charge is 0.256 e. The maximum absolute atomic E-state index is 12.0. The number of amides is 1. The first-order chi connectivity index (χ1) is 7.70. The zero-order chi connectivity index (χ0) is 11.3. The highest BCUT2D eigenvalue weighted by molar-refractivity contribution is 7.99. The molecular weight excluding hydrogens is 226 g/mol. The van der Waals surface area contributed by atoms with Crippen LogP contribution in [0, 0.1) is 0 Å². The molecule has 16 heavy (non-hydrogen) atoms. The molecule has 2 atom stereocenters. The van der Waals surface area contributed by atoms with Gasteiger partial charge in [-0.15, -0.1) is 11.8 Å². The number of nitrogens with zero attached hydrogens (tertiary/aromatic N) is 1. The number of fused-ring (bicyclic) bond motifs is 3. The van der Waals surface area contributed by atoms with Crippen molar-refractivity contribution in [2.75, 3.05) is 5.75 Å². The Morgan fingerprint density at radius 2 is 2.19 bits per heavy atom. The number of hydrogen-bond acceptors (Lipinski definition) is 4. The molecule has 0 aliphatic carbocycles. The summed E-state index contributed by atoms with van der Waals surface area (Å²) in [5.41, 5.74) is 1.53. The number of rotatable bonds is 1. The Labute approximate surface area is 96.2 Å². The first-order valence-corrected chi connectivity index (χ1v) is 5.99. The van der Waals surface area contributed by atoms with Crippen LogP contribution >= 0.6 is 11.8 Å². The molecule has 2 aliphatic heterocycles. The molecule has 5 heteroatoms. The summed E-state index contributed by atoms with van der Waals surface area (Å²) < 4.78 is 0. The van der Waals surface area contributed by atoms with Crippen LogP contribution in [-0.4, -0.2) is 28.6 Å². The van der Waals surface area contributed by atoms with E-state index in [0.29, 0.717) is 11.3 Å². The molecule has 1 aromatic carbocycles. The molecule has 0 aromatic heterocycles. The van der Waals surface area contributed by atoms with Crippen molar-refractivity contribution in [3.05, 3.63) is 35.4 Å². The fourth-order valence-corrected chi connectivity index (χ4v) is 3.67. The van der Waals surface area contributed by atoms with Crippen LogP contribution in [0.2, 0.25) is 0 Å². The number of carboxylic acids is 1. The fraction of sp³-hybridized carbons (Fsp3) is 0.273. The summed E-state index contributed by atoms with van der Waals surface area (Å²) in [6, 6.07) is 6.47. The van der Waals surface area contributed by atoms with Crippen LogP contribution in [0.1, 0.15) is 21.3 Å². The third-order valence-electron chi connectivity index (χ3n) is 2.96. The van der Waals surface area contributed by atoms with Crippen LogP contribution in [0.3, 0.4) is 0 Å². The lowest BCUT2D eigenvalue weighted by molar-refractivity contribution is -0.309. The quantitative estimate of drug-likeness (QED) is 0.686. The van der Waals surface area contributed by atoms with Crippen molar-refractivity contribution in [1.82, 2.24) is 4.90 Å². The van der Waals surface area contributed by atoms with Gasteiger partial charge in [-0.3, -0.25) is 4.79 Å². The van der Waals surface area contributed by atoms with Gasteiger partial charge in [0.05, 0.1) is 12.0 Å². The monoisotopic (exact) mass is 234 g/mol. The molecule has 4 nitrogen and oxygen atoms in total. The van der Waals surface area contributed by atoms with Crippen LogP contribution in [0.15, 0.2) is 24.3 Å². The van der Waals surface area contributed by atoms with Crippen molar-refractivity contribution in [3.63, 3.8) is 0 Å². The first-order valence-electron chi connectivity index (χ1n) is 4.94. The molecule has 2 heterocycles. The van der Waals surface area contributed by atoms with Gasteiger partial charge in [0.2, 0.25) is 0 Å². The van der Waals surface area contributed by atoms with E-state index in [9.17, 15) is 14.7 Å². The molecule has 0 N–H and O–H groups in total. The Bertz CT molecular complexity index is 488. The summed E-state index contributed by atoms with van der Waals surface area (Å²) in [5.74, 6) is -0.955. The van der Waals surface area contributed by atoms with Gasteiger partial charge in [-0.05, 0) is 11.6 Å². The third-order valence-corrected chi connectivity index (χ3v) is 4.27. The lowest BCUT2D eigenvalue weighted by Gasteiger charge is -2.23. The molecule has 1 fully saturated rings. The van der Waals surface area contributed by atoms with Crippen molar-refractivity contribution in [3.8, 4) is 0 Å². The molecule has 3 rings (SSSR count). The molecule has 0 spiro atoms. The van der Waals surface area contributed by atoms with Crippen molar-refractivity contribution >= 4 is 23.6 Å². The summed E-state index contributed by atoms with van der Waals surface area (Å²) in [6.07, 6.45) is 0. The van der Waals surface area contributed by atoms with Gasteiger partial charge in [0.25, 0.3) is 5.91 Å². The topological polar surface area (TPSA) is 60.4 Å². The summed E-state index contributed by atoms with van der Waals surface area (Å²) in [5, 5.41) is 10.8. The highest BCUT2D eigenvalue weighted by atomic mass is 32.2. The van der Waals surface area contributed by atoms with Crippen LogP contribution in [-0.2, 0) is 4.79 Å². The average Bonchev–Trinajstić information content (AvgIpc) is 2.81. The van der Waals surface area contributed by atoms with Crippen LogP contribution in [0.5, 0.6) is 0 Å². The van der Waals surface area contributed by atoms with Gasteiger partial charge in [-0.25, -0.2) is 0 Å². The molecule has 82 valence electrons. The second-order valence-electron chi connectivity index (χ2n) is 3.82. The Kier molecular flexibility index (Phi) is 1.97. The number of thioether (sulfide) groups is 1. The van der Waals surface area contributed by atoms with Gasteiger partial charge in [-0.2, -0.15) is 0 Å². The summed E-state index contributed by atoms with van der Waals surface area (Å²) in [4.78, 5) is 24.4. The van der Waals surface area contributed by atoms with E-state index >= 15 is 0 Å². The van der Waals surface area contributed by atoms with Crippen LogP contribution in [0.4, 0.5) is 0 Å². The normalized spacial score (nSPS) is 26.8. The Balaban J connectivity index is 2.07. The Morgan fingerprint density at radius 3 is 2.94 bits per heavy atom. The maximum Gasteiger partial charge on any atom is 0.256 e. The van der Waals surface area contributed by atoms with Gasteiger partial charge < -0.3 is 14.8 Å². The van der Waals surface area contributed by atoms with Crippen LogP contribution in [0.25, 0.3) is 0 Å². The lowest BCUT2D eigenvalue weighted by Crippen LogP contribution is -2.47. The SMILES string of the molecule is O=C([O-])[C@H]1CS[C@@H]2c3ccccc3C(=O)N12. The number of hydrogen-bond donors (Lipinski definition) is 0. The minimum Gasteiger partial charge on any atom is -0.548 e. The zero-order valence-electron chi connectivity index (χ0n) is 8.25. The van der Waals surface area contributed by atoms with E-state index in [1.807, 2.05) is 12.1 Å². The highest BCUT2D eigenvalue weighted by Crippen LogP contribution is 2.47. The number of carboxylic acid groups (broad SMARTS) is 1. The van der Waals surface area contributed by atoms with E-state index in [-0.39, 0.29) is 11.3 Å². The Hall–Kier alpha value is -1.49. The second kappa shape index (κ2) is 3.25. The van der Waals surface area contributed by atoms with Gasteiger partial charge in [0.1, 0.15) is 5.37 Å². The van der Waals surface area contributed by atoms with Crippen LogP contribution < -0.4 is 5.11 Å². The van der Waals surface area contributed by atoms with E-state index in [2.05, 4.69) is 0 Å². The summed E-state index contributed by atoms with van der Waals surface area (Å²) >= 11 is 1.48. The molecule has 1 aromatic rings. The lowest BCUT2D eigenvalue weighted by atomic mass is 10.1. The Morgan fingerprint density at radius 1 is 1.44 bits per heavy atom. The number of carbonyl (C=O) groups is 2. The standard InChI is InChI=1S/C11H9NO3S/c13-9-6-3-1-2-4-7(6)10-12(9)8(5-16-10)11(14)15/h1-4,8,10H,5H2,(H,14,15)/p-1/t8-,10-/m1/s1. The highest BCUT2D eigenvalue weighted by Gasteiger charge is 2.45. The first kappa shape index (κ1) is 9.72. The molecule has 0 saturated carbocycles. The van der Waals surface area contributed by atoms with E-state index in [0.717, 1.165) is 5.56 Å². The van der Waals surface area contributed by atoms with Crippen molar-refractivity contribution in [1.29, 1.82) is 0 Å². The van der Waals surface area contributed by atoms with E-state index in [1.165, 1.54) is 16.7 Å². The molecule has 1 amide bonds. The fourth-order valence-electron chi connectivity index (χ4n) is 2.22.